The number of para-hydroxylation sites is 1. The second-order valence-electron chi connectivity index (χ2n) is 6.07. The van der Waals surface area contributed by atoms with Crippen molar-refractivity contribution in [2.45, 2.75) is 32.1 Å². The van der Waals surface area contributed by atoms with E-state index in [2.05, 4.69) is 15.7 Å². The van der Waals surface area contributed by atoms with Gasteiger partial charge in [0.1, 0.15) is 5.69 Å². The summed E-state index contributed by atoms with van der Waals surface area (Å²) < 4.78 is 1.72. The molecule has 2 aromatic rings. The summed E-state index contributed by atoms with van der Waals surface area (Å²) in [5.74, 6) is 0.292. The summed E-state index contributed by atoms with van der Waals surface area (Å²) in [5, 5.41) is 10.3. The van der Waals surface area contributed by atoms with Gasteiger partial charge in [-0.05, 0) is 37.5 Å². The first-order chi connectivity index (χ1) is 11.6. The highest BCUT2D eigenvalue weighted by Gasteiger charge is 2.28. The summed E-state index contributed by atoms with van der Waals surface area (Å²) >= 11 is 0. The minimum Gasteiger partial charge on any atom is -0.356 e. The van der Waals surface area contributed by atoms with Gasteiger partial charge in [-0.25, -0.2) is 4.68 Å². The van der Waals surface area contributed by atoms with Gasteiger partial charge in [-0.15, -0.1) is 0 Å². The van der Waals surface area contributed by atoms with Gasteiger partial charge in [0.25, 0.3) is 5.91 Å². The predicted octanol–water partition coefficient (Wildman–Crippen LogP) is 2.01. The maximum absolute atomic E-state index is 12.5. The molecule has 2 N–H and O–H groups in total. The summed E-state index contributed by atoms with van der Waals surface area (Å²) in [4.78, 5) is 23.4. The van der Waals surface area contributed by atoms with Crippen LogP contribution in [0.3, 0.4) is 0 Å². The molecule has 3 rings (SSSR count). The van der Waals surface area contributed by atoms with E-state index in [1.165, 1.54) is 6.92 Å². The summed E-state index contributed by atoms with van der Waals surface area (Å²) in [6.07, 6.45) is 2.98. The van der Waals surface area contributed by atoms with Crippen LogP contribution in [0.25, 0.3) is 5.69 Å². The molecule has 0 aliphatic heterocycles. The van der Waals surface area contributed by atoms with Gasteiger partial charge >= 0.3 is 0 Å². The number of carbonyl (C=O) groups excluding carboxylic acids is 2. The average Bonchev–Trinajstić information content (AvgIpc) is 3.33. The van der Waals surface area contributed by atoms with E-state index in [0.717, 1.165) is 24.2 Å². The van der Waals surface area contributed by atoms with Crippen molar-refractivity contribution in [2.75, 3.05) is 13.1 Å². The van der Waals surface area contributed by atoms with Crippen molar-refractivity contribution in [2.24, 2.45) is 0 Å². The van der Waals surface area contributed by atoms with Gasteiger partial charge in [-0.1, -0.05) is 18.2 Å². The number of aromatic nitrogens is 2. The van der Waals surface area contributed by atoms with Gasteiger partial charge in [0.15, 0.2) is 0 Å². The standard InChI is InChI=1S/C18H22N4O2/c1-13(23)19-10-5-11-20-18(24)17-12-16(14-8-9-14)21-22(17)15-6-3-2-4-7-15/h2-4,6-7,12,14H,5,8-11H2,1H3,(H,19,23)(H,20,24). The van der Waals surface area contributed by atoms with E-state index in [4.69, 9.17) is 0 Å². The zero-order valence-electron chi connectivity index (χ0n) is 13.8. The summed E-state index contributed by atoms with van der Waals surface area (Å²) in [7, 11) is 0. The van der Waals surface area contributed by atoms with Crippen molar-refractivity contribution in [3.05, 3.63) is 47.8 Å². The first-order valence-electron chi connectivity index (χ1n) is 8.33. The van der Waals surface area contributed by atoms with Crippen LogP contribution in [-0.4, -0.2) is 34.7 Å². The normalized spacial score (nSPS) is 13.5. The lowest BCUT2D eigenvalue weighted by atomic mass is 10.2. The molecule has 1 saturated carbocycles. The molecule has 2 amide bonds. The van der Waals surface area contributed by atoms with Crippen LogP contribution in [-0.2, 0) is 4.79 Å². The molecule has 0 bridgehead atoms. The van der Waals surface area contributed by atoms with Crippen LogP contribution < -0.4 is 10.6 Å². The Bertz CT molecular complexity index is 720. The Morgan fingerprint density at radius 3 is 2.54 bits per heavy atom. The molecule has 0 atom stereocenters. The number of nitrogens with one attached hydrogen (secondary N) is 2. The number of amides is 2. The first kappa shape index (κ1) is 16.2. The molecule has 1 aliphatic carbocycles. The third-order valence-electron chi connectivity index (χ3n) is 3.97. The van der Waals surface area contributed by atoms with Crippen LogP contribution in [0.1, 0.15) is 48.3 Å². The van der Waals surface area contributed by atoms with Crippen LogP contribution in [0.4, 0.5) is 0 Å². The van der Waals surface area contributed by atoms with E-state index in [0.29, 0.717) is 31.1 Å². The highest BCUT2D eigenvalue weighted by Crippen LogP contribution is 2.39. The van der Waals surface area contributed by atoms with Gasteiger partial charge in [0.2, 0.25) is 5.91 Å². The van der Waals surface area contributed by atoms with Crippen molar-refractivity contribution >= 4 is 11.8 Å². The Labute approximate surface area is 141 Å². The predicted molar refractivity (Wildman–Crippen MR) is 91.2 cm³/mol. The lowest BCUT2D eigenvalue weighted by Gasteiger charge is -2.08. The van der Waals surface area contributed by atoms with E-state index in [1.807, 2.05) is 36.4 Å². The number of rotatable bonds is 7. The Balaban J connectivity index is 1.69. The topological polar surface area (TPSA) is 76.0 Å². The molecular formula is C18H22N4O2. The van der Waals surface area contributed by atoms with Gasteiger partial charge < -0.3 is 10.6 Å². The van der Waals surface area contributed by atoms with E-state index in [-0.39, 0.29) is 11.8 Å². The molecule has 0 saturated heterocycles. The van der Waals surface area contributed by atoms with Gasteiger partial charge in [-0.2, -0.15) is 5.10 Å². The minimum absolute atomic E-state index is 0.0578. The third-order valence-corrected chi connectivity index (χ3v) is 3.97. The zero-order chi connectivity index (χ0) is 16.9. The summed E-state index contributed by atoms with van der Waals surface area (Å²) in [5.41, 5.74) is 2.43. The fraction of sp³-hybridized carbons (Fsp3) is 0.389. The number of nitrogens with zero attached hydrogens (tertiary/aromatic N) is 2. The lowest BCUT2D eigenvalue weighted by Crippen LogP contribution is -2.30. The zero-order valence-corrected chi connectivity index (χ0v) is 13.8. The maximum Gasteiger partial charge on any atom is 0.270 e. The molecule has 0 spiro atoms. The number of benzene rings is 1. The van der Waals surface area contributed by atoms with Crippen molar-refractivity contribution in [1.82, 2.24) is 20.4 Å². The fourth-order valence-electron chi connectivity index (χ4n) is 2.55. The monoisotopic (exact) mass is 326 g/mol. The summed E-state index contributed by atoms with van der Waals surface area (Å²) in [6.45, 7) is 2.55. The SMILES string of the molecule is CC(=O)NCCCNC(=O)c1cc(C2CC2)nn1-c1ccccc1. The van der Waals surface area contributed by atoms with E-state index >= 15 is 0 Å². The Hall–Kier alpha value is -2.63. The number of hydrogen-bond donors (Lipinski definition) is 2. The molecule has 0 radical (unpaired) electrons. The largest absolute Gasteiger partial charge is 0.356 e. The maximum atomic E-state index is 12.5. The van der Waals surface area contributed by atoms with Gasteiger partial charge in [-0.3, -0.25) is 9.59 Å². The molecule has 1 aromatic carbocycles. The Morgan fingerprint density at radius 2 is 1.88 bits per heavy atom. The molecule has 1 aromatic heterocycles. The van der Waals surface area contributed by atoms with Crippen LogP contribution in [0.5, 0.6) is 0 Å². The number of carbonyl (C=O) groups is 2. The molecule has 126 valence electrons. The molecule has 6 nitrogen and oxygen atoms in total. The number of hydrogen-bond acceptors (Lipinski definition) is 3. The van der Waals surface area contributed by atoms with Gasteiger partial charge in [0, 0.05) is 25.9 Å². The second kappa shape index (κ2) is 7.29. The van der Waals surface area contributed by atoms with Crippen molar-refractivity contribution < 1.29 is 9.59 Å². The van der Waals surface area contributed by atoms with E-state index in [9.17, 15) is 9.59 Å². The van der Waals surface area contributed by atoms with E-state index in [1.54, 1.807) is 4.68 Å². The molecule has 6 heteroatoms. The Kier molecular flexibility index (Phi) is 4.93. The van der Waals surface area contributed by atoms with Crippen molar-refractivity contribution in [3.63, 3.8) is 0 Å². The Morgan fingerprint density at radius 1 is 1.17 bits per heavy atom. The summed E-state index contributed by atoms with van der Waals surface area (Å²) in [6, 6.07) is 11.6. The molecule has 1 fully saturated rings. The molecule has 1 aliphatic rings. The van der Waals surface area contributed by atoms with Crippen LogP contribution in [0, 0.1) is 0 Å². The molecule has 0 unspecified atom stereocenters. The quantitative estimate of drug-likeness (QED) is 0.764. The van der Waals surface area contributed by atoms with Gasteiger partial charge in [0.05, 0.1) is 11.4 Å². The van der Waals surface area contributed by atoms with Crippen molar-refractivity contribution in [1.29, 1.82) is 0 Å². The second-order valence-corrected chi connectivity index (χ2v) is 6.07. The van der Waals surface area contributed by atoms with Crippen LogP contribution in [0.2, 0.25) is 0 Å². The van der Waals surface area contributed by atoms with Crippen molar-refractivity contribution in [3.8, 4) is 5.69 Å². The van der Waals surface area contributed by atoms with E-state index < -0.39 is 0 Å². The smallest absolute Gasteiger partial charge is 0.270 e. The first-order valence-corrected chi connectivity index (χ1v) is 8.33. The molecule has 24 heavy (non-hydrogen) atoms. The van der Waals surface area contributed by atoms with Crippen LogP contribution >= 0.6 is 0 Å². The molecular weight excluding hydrogens is 304 g/mol. The average molecular weight is 326 g/mol. The lowest BCUT2D eigenvalue weighted by molar-refractivity contribution is -0.118. The highest BCUT2D eigenvalue weighted by atomic mass is 16.2. The third kappa shape index (κ3) is 4.01. The fourth-order valence-corrected chi connectivity index (χ4v) is 2.55. The minimum atomic E-state index is -0.138. The highest BCUT2D eigenvalue weighted by molar-refractivity contribution is 5.93. The van der Waals surface area contributed by atoms with Crippen LogP contribution in [0.15, 0.2) is 36.4 Å². The molecule has 1 heterocycles.